The van der Waals surface area contributed by atoms with Gasteiger partial charge in [-0.2, -0.15) is 4.98 Å². The molecule has 1 aromatic heterocycles. The molecular weight excluding hydrogens is 264 g/mol. The Morgan fingerprint density at radius 1 is 1.32 bits per heavy atom. The number of likely N-dealkylation sites (tertiary alicyclic amines) is 1. The van der Waals surface area contributed by atoms with Crippen LogP contribution in [0.4, 0.5) is 0 Å². The second kappa shape index (κ2) is 6.14. The van der Waals surface area contributed by atoms with E-state index in [9.17, 15) is 0 Å². The zero-order valence-corrected chi connectivity index (χ0v) is 11.3. The zero-order valence-electron chi connectivity index (χ0n) is 10.5. The predicted molar refractivity (Wildman–Crippen MR) is 74.9 cm³/mol. The molecule has 0 amide bonds. The van der Waals surface area contributed by atoms with Crippen LogP contribution in [0.5, 0.6) is 0 Å². The monoisotopic (exact) mass is 280 g/mol. The molecule has 2 heterocycles. The molecule has 2 aromatic rings. The second-order valence-electron chi connectivity index (χ2n) is 4.66. The van der Waals surface area contributed by atoms with E-state index in [4.69, 9.17) is 10.3 Å². The third-order valence-corrected chi connectivity index (χ3v) is 3.17. The van der Waals surface area contributed by atoms with Gasteiger partial charge in [0.05, 0.1) is 6.54 Å². The standard InChI is InChI=1S/C13H16N4O.ClH/c14-11-6-7-17(8-11)9-12-15-13(16-18-12)10-4-2-1-3-5-10;/h1-5,11H,6-9,14H2;1H/t11-;/m0./s1. The van der Waals surface area contributed by atoms with Crippen molar-refractivity contribution in [2.75, 3.05) is 13.1 Å². The lowest BCUT2D eigenvalue weighted by Crippen LogP contribution is -2.26. The summed E-state index contributed by atoms with van der Waals surface area (Å²) in [5, 5.41) is 4.00. The Hall–Kier alpha value is -1.43. The number of hydrogen-bond donors (Lipinski definition) is 1. The first-order valence-electron chi connectivity index (χ1n) is 6.17. The minimum atomic E-state index is 0. The molecule has 0 unspecified atom stereocenters. The molecule has 1 aliphatic rings. The summed E-state index contributed by atoms with van der Waals surface area (Å²) in [5.74, 6) is 1.30. The molecule has 1 atom stereocenters. The van der Waals surface area contributed by atoms with E-state index in [1.165, 1.54) is 0 Å². The van der Waals surface area contributed by atoms with Gasteiger partial charge in [0.15, 0.2) is 0 Å². The molecule has 0 aliphatic carbocycles. The molecule has 0 spiro atoms. The van der Waals surface area contributed by atoms with Crippen LogP contribution in [0.15, 0.2) is 34.9 Å². The largest absolute Gasteiger partial charge is 0.338 e. The second-order valence-corrected chi connectivity index (χ2v) is 4.66. The molecule has 1 aliphatic heterocycles. The molecular formula is C13H17ClN4O. The average Bonchev–Trinajstić information content (AvgIpc) is 3.01. The van der Waals surface area contributed by atoms with Crippen LogP contribution in [-0.2, 0) is 6.54 Å². The summed E-state index contributed by atoms with van der Waals surface area (Å²) in [4.78, 5) is 6.65. The van der Waals surface area contributed by atoms with Crippen molar-refractivity contribution < 1.29 is 4.52 Å². The molecule has 0 bridgehead atoms. The molecule has 1 saturated heterocycles. The van der Waals surface area contributed by atoms with E-state index in [2.05, 4.69) is 15.0 Å². The normalized spacial score (nSPS) is 19.3. The van der Waals surface area contributed by atoms with Gasteiger partial charge in [-0.3, -0.25) is 4.90 Å². The highest BCUT2D eigenvalue weighted by molar-refractivity contribution is 5.85. The van der Waals surface area contributed by atoms with E-state index in [0.717, 1.165) is 25.1 Å². The van der Waals surface area contributed by atoms with E-state index < -0.39 is 0 Å². The Kier molecular flexibility index (Phi) is 4.52. The fourth-order valence-electron chi connectivity index (χ4n) is 2.22. The molecule has 102 valence electrons. The van der Waals surface area contributed by atoms with Crippen molar-refractivity contribution in [1.29, 1.82) is 0 Å². The summed E-state index contributed by atoms with van der Waals surface area (Å²) in [6.07, 6.45) is 1.04. The van der Waals surface area contributed by atoms with E-state index in [0.29, 0.717) is 18.3 Å². The van der Waals surface area contributed by atoms with Gasteiger partial charge in [0.1, 0.15) is 0 Å². The van der Waals surface area contributed by atoms with Crippen LogP contribution in [0, 0.1) is 0 Å². The first kappa shape index (κ1) is 14.0. The molecule has 1 fully saturated rings. The topological polar surface area (TPSA) is 68.2 Å². The van der Waals surface area contributed by atoms with Crippen molar-refractivity contribution in [1.82, 2.24) is 15.0 Å². The SMILES string of the molecule is Cl.N[C@H]1CCN(Cc2nc(-c3ccccc3)no2)C1. The lowest BCUT2D eigenvalue weighted by atomic mass is 10.2. The van der Waals surface area contributed by atoms with Gasteiger partial charge in [-0.05, 0) is 6.42 Å². The number of nitrogens with zero attached hydrogens (tertiary/aromatic N) is 3. The van der Waals surface area contributed by atoms with Crippen LogP contribution >= 0.6 is 12.4 Å². The van der Waals surface area contributed by atoms with Crippen molar-refractivity contribution in [3.63, 3.8) is 0 Å². The maximum absolute atomic E-state index is 5.87. The highest BCUT2D eigenvalue weighted by Gasteiger charge is 2.21. The summed E-state index contributed by atoms with van der Waals surface area (Å²) in [6, 6.07) is 10.1. The molecule has 6 heteroatoms. The fourth-order valence-corrected chi connectivity index (χ4v) is 2.22. The summed E-state index contributed by atoms with van der Waals surface area (Å²) in [5.41, 5.74) is 6.84. The van der Waals surface area contributed by atoms with E-state index in [1.807, 2.05) is 30.3 Å². The van der Waals surface area contributed by atoms with Gasteiger partial charge in [-0.25, -0.2) is 0 Å². The molecule has 0 radical (unpaired) electrons. The quantitative estimate of drug-likeness (QED) is 0.927. The Bertz CT molecular complexity index is 516. The van der Waals surface area contributed by atoms with Crippen molar-refractivity contribution in [3.8, 4) is 11.4 Å². The number of aromatic nitrogens is 2. The Morgan fingerprint density at radius 2 is 2.11 bits per heavy atom. The third-order valence-electron chi connectivity index (χ3n) is 3.17. The van der Waals surface area contributed by atoms with Crippen molar-refractivity contribution in [3.05, 3.63) is 36.2 Å². The molecule has 5 nitrogen and oxygen atoms in total. The van der Waals surface area contributed by atoms with Crippen molar-refractivity contribution in [2.45, 2.75) is 19.0 Å². The van der Waals surface area contributed by atoms with Crippen LogP contribution in [0.2, 0.25) is 0 Å². The number of rotatable bonds is 3. The van der Waals surface area contributed by atoms with Gasteiger partial charge in [0.25, 0.3) is 0 Å². The van der Waals surface area contributed by atoms with Crippen molar-refractivity contribution >= 4 is 12.4 Å². The Labute approximate surface area is 118 Å². The van der Waals surface area contributed by atoms with Crippen LogP contribution in [-0.4, -0.2) is 34.2 Å². The smallest absolute Gasteiger partial charge is 0.241 e. The fraction of sp³-hybridized carbons (Fsp3) is 0.385. The van der Waals surface area contributed by atoms with E-state index in [-0.39, 0.29) is 18.4 Å². The average molecular weight is 281 g/mol. The summed E-state index contributed by atoms with van der Waals surface area (Å²) in [6.45, 7) is 2.60. The molecule has 0 saturated carbocycles. The van der Waals surface area contributed by atoms with Crippen LogP contribution in [0.1, 0.15) is 12.3 Å². The third kappa shape index (κ3) is 3.32. The summed E-state index contributed by atoms with van der Waals surface area (Å²) < 4.78 is 5.27. The molecule has 19 heavy (non-hydrogen) atoms. The summed E-state index contributed by atoms with van der Waals surface area (Å²) >= 11 is 0. The van der Waals surface area contributed by atoms with E-state index >= 15 is 0 Å². The number of hydrogen-bond acceptors (Lipinski definition) is 5. The van der Waals surface area contributed by atoms with Gasteiger partial charge >= 0.3 is 0 Å². The minimum Gasteiger partial charge on any atom is -0.338 e. The van der Waals surface area contributed by atoms with Crippen LogP contribution in [0.25, 0.3) is 11.4 Å². The first-order chi connectivity index (χ1) is 8.81. The first-order valence-corrected chi connectivity index (χ1v) is 6.17. The number of nitrogens with two attached hydrogens (primary N) is 1. The molecule has 2 N–H and O–H groups in total. The highest BCUT2D eigenvalue weighted by atomic mass is 35.5. The number of benzene rings is 1. The molecule has 1 aromatic carbocycles. The van der Waals surface area contributed by atoms with Crippen molar-refractivity contribution in [2.24, 2.45) is 5.73 Å². The lowest BCUT2D eigenvalue weighted by molar-refractivity contribution is 0.265. The van der Waals surface area contributed by atoms with Gasteiger partial charge in [-0.1, -0.05) is 35.5 Å². The zero-order chi connectivity index (χ0) is 12.4. The van der Waals surface area contributed by atoms with E-state index in [1.54, 1.807) is 0 Å². The maximum atomic E-state index is 5.87. The Balaban J connectivity index is 0.00000133. The Morgan fingerprint density at radius 3 is 2.79 bits per heavy atom. The van der Waals surface area contributed by atoms with Crippen LogP contribution in [0.3, 0.4) is 0 Å². The number of halogens is 1. The highest BCUT2D eigenvalue weighted by Crippen LogP contribution is 2.16. The van der Waals surface area contributed by atoms with Gasteiger partial charge < -0.3 is 10.3 Å². The van der Waals surface area contributed by atoms with Gasteiger partial charge in [-0.15, -0.1) is 12.4 Å². The lowest BCUT2D eigenvalue weighted by Gasteiger charge is -2.10. The molecule has 3 rings (SSSR count). The predicted octanol–water partition coefficient (Wildman–Crippen LogP) is 1.69. The van der Waals surface area contributed by atoms with Crippen LogP contribution < -0.4 is 5.73 Å². The summed E-state index contributed by atoms with van der Waals surface area (Å²) in [7, 11) is 0. The minimum absolute atomic E-state index is 0. The van der Waals surface area contributed by atoms with Gasteiger partial charge in [0, 0.05) is 24.7 Å². The maximum Gasteiger partial charge on any atom is 0.241 e. The van der Waals surface area contributed by atoms with Gasteiger partial charge in [0.2, 0.25) is 11.7 Å².